The minimum Gasteiger partial charge on any atom is -0.342 e. The van der Waals surface area contributed by atoms with Gasteiger partial charge in [0, 0.05) is 35.8 Å². The van der Waals surface area contributed by atoms with Gasteiger partial charge in [0.2, 0.25) is 5.91 Å². The molecule has 26 heavy (non-hydrogen) atoms. The topological polar surface area (TPSA) is 55.2 Å². The Morgan fingerprint density at radius 1 is 1.15 bits per heavy atom. The van der Waals surface area contributed by atoms with Crippen molar-refractivity contribution in [3.8, 4) is 0 Å². The number of carbonyl (C=O) groups excluding carboxylic acids is 1. The van der Waals surface area contributed by atoms with Crippen LogP contribution in [-0.4, -0.2) is 33.4 Å². The number of carbonyl (C=O) groups is 1. The summed E-state index contributed by atoms with van der Waals surface area (Å²) in [6, 6.07) is 0.118. The Kier molecular flexibility index (Phi) is 5.24. The molecule has 0 atom stereocenters. The standard InChI is InChI=1S/C20H29N3O2S/c1-11(2)17-21-18-16(13(5)14(6)26-18)20(25)23(17)15-7-9-22(10-8-15)19(24)12(3)4/h11-12,15H,7-10H2,1-6H3. The number of likely N-dealkylation sites (tertiary alicyclic amines) is 1. The molecule has 0 unspecified atom stereocenters. The zero-order chi connectivity index (χ0) is 19.2. The highest BCUT2D eigenvalue weighted by Gasteiger charge is 2.29. The van der Waals surface area contributed by atoms with Crippen LogP contribution in [0.4, 0.5) is 0 Å². The highest BCUT2D eigenvalue weighted by Crippen LogP contribution is 2.31. The second-order valence-corrected chi connectivity index (χ2v) is 9.18. The van der Waals surface area contributed by atoms with Crippen molar-refractivity contribution in [2.24, 2.45) is 5.92 Å². The zero-order valence-electron chi connectivity index (χ0n) is 16.6. The lowest BCUT2D eigenvalue weighted by atomic mass is 10.0. The maximum absolute atomic E-state index is 13.4. The molecule has 3 heterocycles. The fourth-order valence-corrected chi connectivity index (χ4v) is 4.82. The second kappa shape index (κ2) is 7.14. The first-order valence-electron chi connectivity index (χ1n) is 9.53. The van der Waals surface area contributed by atoms with E-state index in [9.17, 15) is 9.59 Å². The van der Waals surface area contributed by atoms with Crippen LogP contribution >= 0.6 is 11.3 Å². The van der Waals surface area contributed by atoms with Gasteiger partial charge >= 0.3 is 0 Å². The summed E-state index contributed by atoms with van der Waals surface area (Å²) in [5.74, 6) is 1.29. The van der Waals surface area contributed by atoms with Crippen LogP contribution in [0.1, 0.15) is 68.8 Å². The van der Waals surface area contributed by atoms with E-state index in [1.807, 2.05) is 30.2 Å². The Bertz CT molecular complexity index is 887. The molecular formula is C20H29N3O2S. The van der Waals surface area contributed by atoms with E-state index in [1.165, 1.54) is 0 Å². The van der Waals surface area contributed by atoms with Gasteiger partial charge in [-0.2, -0.15) is 0 Å². The monoisotopic (exact) mass is 375 g/mol. The summed E-state index contributed by atoms with van der Waals surface area (Å²) in [4.78, 5) is 34.4. The predicted octanol–water partition coefficient (Wildman–Crippen LogP) is 4.02. The average Bonchev–Trinajstić information content (AvgIpc) is 2.88. The summed E-state index contributed by atoms with van der Waals surface area (Å²) in [5, 5.41) is 0.776. The van der Waals surface area contributed by atoms with Crippen molar-refractivity contribution >= 4 is 27.5 Å². The van der Waals surface area contributed by atoms with E-state index in [0.717, 1.165) is 39.3 Å². The molecule has 1 aliphatic heterocycles. The van der Waals surface area contributed by atoms with Crippen LogP contribution in [0.5, 0.6) is 0 Å². The van der Waals surface area contributed by atoms with Crippen LogP contribution in [0.15, 0.2) is 4.79 Å². The molecule has 6 heteroatoms. The van der Waals surface area contributed by atoms with Gasteiger partial charge < -0.3 is 4.90 Å². The maximum atomic E-state index is 13.4. The smallest absolute Gasteiger partial charge is 0.262 e. The molecule has 0 spiro atoms. The van der Waals surface area contributed by atoms with Gasteiger partial charge in [0.15, 0.2) is 0 Å². The van der Waals surface area contributed by atoms with E-state index < -0.39 is 0 Å². The van der Waals surface area contributed by atoms with E-state index >= 15 is 0 Å². The molecule has 1 fully saturated rings. The average molecular weight is 376 g/mol. The van der Waals surface area contributed by atoms with E-state index in [4.69, 9.17) is 4.98 Å². The summed E-state index contributed by atoms with van der Waals surface area (Å²) in [7, 11) is 0. The van der Waals surface area contributed by atoms with Gasteiger partial charge in [-0.1, -0.05) is 27.7 Å². The molecule has 2 aromatic heterocycles. The van der Waals surface area contributed by atoms with Crippen LogP contribution in [0.25, 0.3) is 10.2 Å². The van der Waals surface area contributed by atoms with Crippen molar-refractivity contribution in [3.63, 3.8) is 0 Å². The number of aromatic nitrogens is 2. The molecule has 1 aliphatic rings. The first-order valence-corrected chi connectivity index (χ1v) is 10.3. The highest BCUT2D eigenvalue weighted by molar-refractivity contribution is 7.18. The van der Waals surface area contributed by atoms with Crippen molar-refractivity contribution in [2.75, 3.05) is 13.1 Å². The van der Waals surface area contributed by atoms with Gasteiger partial charge in [0.1, 0.15) is 10.7 Å². The fraction of sp³-hybridized carbons (Fsp3) is 0.650. The molecule has 0 saturated carbocycles. The number of piperidine rings is 1. The molecule has 1 amide bonds. The molecule has 142 valence electrons. The van der Waals surface area contributed by atoms with Crippen molar-refractivity contribution in [3.05, 3.63) is 26.6 Å². The normalized spacial score (nSPS) is 16.2. The molecule has 3 rings (SSSR count). The molecule has 2 aromatic rings. The van der Waals surface area contributed by atoms with E-state index in [0.29, 0.717) is 13.1 Å². The summed E-state index contributed by atoms with van der Waals surface area (Å²) >= 11 is 1.61. The molecule has 0 N–H and O–H groups in total. The van der Waals surface area contributed by atoms with Gasteiger partial charge in [-0.25, -0.2) is 4.98 Å². The van der Waals surface area contributed by atoms with Crippen LogP contribution < -0.4 is 5.56 Å². The Labute approximate surface area is 159 Å². The van der Waals surface area contributed by atoms with Crippen molar-refractivity contribution < 1.29 is 4.79 Å². The van der Waals surface area contributed by atoms with Crippen LogP contribution in [0, 0.1) is 19.8 Å². The lowest BCUT2D eigenvalue weighted by molar-refractivity contribution is -0.135. The molecule has 0 aliphatic carbocycles. The Morgan fingerprint density at radius 2 is 1.77 bits per heavy atom. The van der Waals surface area contributed by atoms with Gasteiger partial charge in [-0.05, 0) is 32.3 Å². The maximum Gasteiger partial charge on any atom is 0.262 e. The number of rotatable bonds is 3. The number of nitrogens with zero attached hydrogens (tertiary/aromatic N) is 3. The third-order valence-corrected chi connectivity index (χ3v) is 6.52. The van der Waals surface area contributed by atoms with Crippen LogP contribution in [0.3, 0.4) is 0 Å². The molecule has 0 aromatic carbocycles. The summed E-state index contributed by atoms with van der Waals surface area (Å²) < 4.78 is 1.93. The van der Waals surface area contributed by atoms with Gasteiger partial charge in [-0.3, -0.25) is 14.2 Å². The number of aryl methyl sites for hydroxylation is 2. The number of hydrogen-bond donors (Lipinski definition) is 0. The fourth-order valence-electron chi connectivity index (χ4n) is 3.79. The predicted molar refractivity (Wildman–Crippen MR) is 107 cm³/mol. The first kappa shape index (κ1) is 19.1. The number of hydrogen-bond acceptors (Lipinski definition) is 4. The van der Waals surface area contributed by atoms with Crippen molar-refractivity contribution in [1.29, 1.82) is 0 Å². The summed E-state index contributed by atoms with van der Waals surface area (Å²) in [5.41, 5.74) is 1.15. The van der Waals surface area contributed by atoms with Crippen LogP contribution in [-0.2, 0) is 4.79 Å². The largest absolute Gasteiger partial charge is 0.342 e. The molecule has 5 nitrogen and oxygen atoms in total. The molecular weight excluding hydrogens is 346 g/mol. The van der Waals surface area contributed by atoms with Crippen LogP contribution in [0.2, 0.25) is 0 Å². The summed E-state index contributed by atoms with van der Waals surface area (Å²) in [6.45, 7) is 13.6. The Hall–Kier alpha value is -1.69. The third kappa shape index (κ3) is 3.20. The molecule has 0 radical (unpaired) electrons. The number of thiophene rings is 1. The SMILES string of the molecule is Cc1sc2nc(C(C)C)n(C3CCN(C(=O)C(C)C)CC3)c(=O)c2c1C. The summed E-state index contributed by atoms with van der Waals surface area (Å²) in [6.07, 6.45) is 1.63. The number of fused-ring (bicyclic) bond motifs is 1. The Morgan fingerprint density at radius 3 is 2.31 bits per heavy atom. The highest BCUT2D eigenvalue weighted by atomic mass is 32.1. The number of amides is 1. The van der Waals surface area contributed by atoms with Gasteiger partial charge in [0.05, 0.1) is 5.39 Å². The second-order valence-electron chi connectivity index (χ2n) is 7.97. The van der Waals surface area contributed by atoms with E-state index in [2.05, 4.69) is 20.8 Å². The van der Waals surface area contributed by atoms with Gasteiger partial charge in [-0.15, -0.1) is 11.3 Å². The quantitative estimate of drug-likeness (QED) is 0.814. The van der Waals surface area contributed by atoms with Gasteiger partial charge in [0.25, 0.3) is 5.56 Å². The first-order chi connectivity index (χ1) is 12.2. The third-order valence-electron chi connectivity index (χ3n) is 5.41. The van der Waals surface area contributed by atoms with Crippen molar-refractivity contribution in [1.82, 2.24) is 14.5 Å². The minimum absolute atomic E-state index is 0.0231. The lowest BCUT2D eigenvalue weighted by Crippen LogP contribution is -2.43. The minimum atomic E-state index is 0.0231. The van der Waals surface area contributed by atoms with E-state index in [1.54, 1.807) is 11.3 Å². The zero-order valence-corrected chi connectivity index (χ0v) is 17.4. The van der Waals surface area contributed by atoms with E-state index in [-0.39, 0.29) is 29.3 Å². The van der Waals surface area contributed by atoms with Crippen molar-refractivity contribution in [2.45, 2.75) is 66.3 Å². The molecule has 0 bridgehead atoms. The lowest BCUT2D eigenvalue weighted by Gasteiger charge is -2.35. The Balaban J connectivity index is 2.01. The molecule has 1 saturated heterocycles.